The zero-order valence-corrected chi connectivity index (χ0v) is 16.2. The third-order valence-corrected chi connectivity index (χ3v) is 5.76. The van der Waals surface area contributed by atoms with Crippen LogP contribution >= 0.6 is 11.3 Å². The molecule has 140 valence electrons. The Kier molecular flexibility index (Phi) is 5.38. The molecule has 0 aliphatic carbocycles. The molecule has 2 aromatic heterocycles. The molecule has 0 aromatic carbocycles. The van der Waals surface area contributed by atoms with Crippen molar-refractivity contribution in [3.63, 3.8) is 0 Å². The lowest BCUT2D eigenvalue weighted by atomic mass is 10.0. The van der Waals surface area contributed by atoms with Gasteiger partial charge < -0.3 is 10.1 Å². The zero-order valence-electron chi connectivity index (χ0n) is 15.4. The largest absolute Gasteiger partial charge is 0.375 e. The predicted molar refractivity (Wildman–Crippen MR) is 98.3 cm³/mol. The highest BCUT2D eigenvalue weighted by Crippen LogP contribution is 2.26. The standard InChI is InChI=1S/C17H23N5O3S/c1-10-14(26-16(18-10)11(2)25-4)15(23)19-12-6-5-8-22(17(12)24)13-7-9-21(3)20-13/h7,9,11-12H,5-6,8H2,1-4H3,(H,19,23)/t11-,12-/m0/s1. The zero-order chi connectivity index (χ0) is 18.8. The average molecular weight is 377 g/mol. The molecule has 1 aliphatic heterocycles. The normalized spacial score (nSPS) is 18.8. The summed E-state index contributed by atoms with van der Waals surface area (Å²) in [6, 6.07) is 1.25. The Morgan fingerprint density at radius 3 is 2.92 bits per heavy atom. The number of nitrogens with one attached hydrogen (secondary N) is 1. The Hall–Kier alpha value is -2.26. The van der Waals surface area contributed by atoms with Gasteiger partial charge in [0.15, 0.2) is 5.82 Å². The molecule has 9 heteroatoms. The van der Waals surface area contributed by atoms with Crippen LogP contribution in [0.4, 0.5) is 5.82 Å². The number of amides is 2. The van der Waals surface area contributed by atoms with Crippen LogP contribution in [-0.2, 0) is 16.6 Å². The Morgan fingerprint density at radius 1 is 1.50 bits per heavy atom. The highest BCUT2D eigenvalue weighted by molar-refractivity contribution is 7.13. The van der Waals surface area contributed by atoms with Crippen LogP contribution in [0.25, 0.3) is 0 Å². The number of hydrogen-bond acceptors (Lipinski definition) is 6. The molecule has 2 atom stereocenters. The summed E-state index contributed by atoms with van der Waals surface area (Å²) in [5.41, 5.74) is 0.649. The van der Waals surface area contributed by atoms with E-state index in [4.69, 9.17) is 4.74 Å². The summed E-state index contributed by atoms with van der Waals surface area (Å²) in [7, 11) is 3.41. The van der Waals surface area contributed by atoms with Gasteiger partial charge in [0.05, 0.1) is 5.69 Å². The minimum atomic E-state index is -0.553. The SMILES string of the molecule is CO[C@@H](C)c1nc(C)c(C(=O)N[C@H]2CCCN(c3ccn(C)n3)C2=O)s1. The molecule has 3 heterocycles. The van der Waals surface area contributed by atoms with Crippen LogP contribution in [0.2, 0.25) is 0 Å². The molecular weight excluding hydrogens is 354 g/mol. The Labute approximate surface area is 156 Å². The molecule has 2 aromatic rings. The second-order valence-corrected chi connectivity index (χ2v) is 7.38. The molecule has 26 heavy (non-hydrogen) atoms. The second kappa shape index (κ2) is 7.55. The molecule has 0 radical (unpaired) electrons. The average Bonchev–Trinajstić information content (AvgIpc) is 3.22. The van der Waals surface area contributed by atoms with Gasteiger partial charge in [-0.1, -0.05) is 0 Å². The number of thiazole rings is 1. The maximum atomic E-state index is 12.8. The Bertz CT molecular complexity index is 815. The summed E-state index contributed by atoms with van der Waals surface area (Å²) in [5, 5.41) is 7.91. The van der Waals surface area contributed by atoms with Gasteiger partial charge in [-0.15, -0.1) is 11.3 Å². The number of anilines is 1. The fourth-order valence-corrected chi connectivity index (χ4v) is 3.91. The highest BCUT2D eigenvalue weighted by atomic mass is 32.1. The van der Waals surface area contributed by atoms with Gasteiger partial charge >= 0.3 is 0 Å². The number of aromatic nitrogens is 3. The molecule has 0 spiro atoms. The van der Waals surface area contributed by atoms with Crippen LogP contribution in [0.1, 0.15) is 46.2 Å². The number of piperidine rings is 1. The van der Waals surface area contributed by atoms with E-state index in [1.54, 1.807) is 35.9 Å². The van der Waals surface area contributed by atoms with Crippen LogP contribution in [0.5, 0.6) is 0 Å². The van der Waals surface area contributed by atoms with Crippen LogP contribution in [0, 0.1) is 6.92 Å². The van der Waals surface area contributed by atoms with Gasteiger partial charge in [0, 0.05) is 33.0 Å². The monoisotopic (exact) mass is 377 g/mol. The molecule has 8 nitrogen and oxygen atoms in total. The lowest BCUT2D eigenvalue weighted by Crippen LogP contribution is -2.52. The third-order valence-electron chi connectivity index (χ3n) is 4.44. The number of nitrogens with zero attached hydrogens (tertiary/aromatic N) is 4. The number of carbonyl (C=O) groups excluding carboxylic acids is 2. The van der Waals surface area contributed by atoms with Crippen molar-refractivity contribution in [3.05, 3.63) is 27.8 Å². The summed E-state index contributed by atoms with van der Waals surface area (Å²) in [6.07, 6.45) is 3.05. The van der Waals surface area contributed by atoms with E-state index in [-0.39, 0.29) is 17.9 Å². The Balaban J connectivity index is 1.73. The van der Waals surface area contributed by atoms with E-state index in [2.05, 4.69) is 15.4 Å². The van der Waals surface area contributed by atoms with E-state index in [1.165, 1.54) is 11.3 Å². The number of carbonyl (C=O) groups is 2. The summed E-state index contributed by atoms with van der Waals surface area (Å²) < 4.78 is 6.92. The van der Waals surface area contributed by atoms with E-state index < -0.39 is 6.04 Å². The summed E-state index contributed by atoms with van der Waals surface area (Å²) in [5.74, 6) is 0.216. The molecule has 0 saturated carbocycles. The molecule has 1 N–H and O–H groups in total. The number of hydrogen-bond donors (Lipinski definition) is 1. The molecule has 1 aliphatic rings. The van der Waals surface area contributed by atoms with Crippen molar-refractivity contribution in [3.8, 4) is 0 Å². The molecule has 1 saturated heterocycles. The fourth-order valence-electron chi connectivity index (χ4n) is 2.91. The lowest BCUT2D eigenvalue weighted by molar-refractivity contribution is -0.121. The maximum Gasteiger partial charge on any atom is 0.263 e. The van der Waals surface area contributed by atoms with Crippen molar-refractivity contribution in [2.24, 2.45) is 7.05 Å². The lowest BCUT2D eigenvalue weighted by Gasteiger charge is -2.31. The number of rotatable bonds is 5. The van der Waals surface area contributed by atoms with E-state index in [0.29, 0.717) is 29.4 Å². The van der Waals surface area contributed by atoms with Crippen molar-refractivity contribution in [1.29, 1.82) is 0 Å². The van der Waals surface area contributed by atoms with Crippen LogP contribution < -0.4 is 10.2 Å². The molecule has 1 fully saturated rings. The van der Waals surface area contributed by atoms with Gasteiger partial charge in [0.25, 0.3) is 11.8 Å². The van der Waals surface area contributed by atoms with Crippen molar-refractivity contribution in [1.82, 2.24) is 20.1 Å². The van der Waals surface area contributed by atoms with E-state index in [9.17, 15) is 9.59 Å². The first kappa shape index (κ1) is 18.5. The maximum absolute atomic E-state index is 12.8. The first-order chi connectivity index (χ1) is 12.4. The smallest absolute Gasteiger partial charge is 0.263 e. The topological polar surface area (TPSA) is 89.3 Å². The predicted octanol–water partition coefficient (Wildman–Crippen LogP) is 1.82. The van der Waals surface area contributed by atoms with Gasteiger partial charge in [-0.3, -0.25) is 19.2 Å². The third kappa shape index (κ3) is 3.63. The van der Waals surface area contributed by atoms with Gasteiger partial charge in [0.1, 0.15) is 22.0 Å². The first-order valence-corrected chi connectivity index (χ1v) is 9.34. The molecular formula is C17H23N5O3S. The van der Waals surface area contributed by atoms with E-state index >= 15 is 0 Å². The second-order valence-electron chi connectivity index (χ2n) is 6.35. The minimum Gasteiger partial charge on any atom is -0.375 e. The van der Waals surface area contributed by atoms with Crippen molar-refractivity contribution < 1.29 is 14.3 Å². The molecule has 2 amide bonds. The molecule has 0 bridgehead atoms. The van der Waals surface area contributed by atoms with Crippen molar-refractivity contribution in [2.75, 3.05) is 18.6 Å². The van der Waals surface area contributed by atoms with Crippen molar-refractivity contribution in [2.45, 2.75) is 38.8 Å². The van der Waals surface area contributed by atoms with Gasteiger partial charge in [-0.2, -0.15) is 5.10 Å². The van der Waals surface area contributed by atoms with E-state index in [0.717, 1.165) is 11.4 Å². The quantitative estimate of drug-likeness (QED) is 0.858. The van der Waals surface area contributed by atoms with Crippen molar-refractivity contribution >= 4 is 29.0 Å². The van der Waals surface area contributed by atoms with Gasteiger partial charge in [-0.25, -0.2) is 4.98 Å². The summed E-state index contributed by atoms with van der Waals surface area (Å²) >= 11 is 1.30. The fraction of sp³-hybridized carbons (Fsp3) is 0.529. The molecule has 0 unspecified atom stereocenters. The highest BCUT2D eigenvalue weighted by Gasteiger charge is 2.32. The van der Waals surface area contributed by atoms with Gasteiger partial charge in [0.2, 0.25) is 0 Å². The number of ether oxygens (including phenoxy) is 1. The number of methoxy groups -OCH3 is 1. The Morgan fingerprint density at radius 2 is 2.27 bits per heavy atom. The van der Waals surface area contributed by atoms with Crippen LogP contribution in [-0.4, -0.2) is 46.3 Å². The molecule has 3 rings (SSSR count). The van der Waals surface area contributed by atoms with Crippen LogP contribution in [0.3, 0.4) is 0 Å². The van der Waals surface area contributed by atoms with Gasteiger partial charge in [-0.05, 0) is 26.7 Å². The first-order valence-electron chi connectivity index (χ1n) is 8.52. The number of aryl methyl sites for hydroxylation is 2. The summed E-state index contributed by atoms with van der Waals surface area (Å²) in [6.45, 7) is 4.28. The summed E-state index contributed by atoms with van der Waals surface area (Å²) in [4.78, 5) is 32.0. The van der Waals surface area contributed by atoms with E-state index in [1.807, 2.05) is 14.0 Å². The van der Waals surface area contributed by atoms with Crippen LogP contribution in [0.15, 0.2) is 12.3 Å². The minimum absolute atomic E-state index is 0.129.